The molecule has 0 aromatic carbocycles. The quantitative estimate of drug-likeness (QED) is 0.783. The number of pyridine rings is 1. The molecule has 132 valence electrons. The predicted molar refractivity (Wildman–Crippen MR) is 99.5 cm³/mol. The van der Waals surface area contributed by atoms with Gasteiger partial charge in [-0.15, -0.1) is 24.8 Å². The van der Waals surface area contributed by atoms with Gasteiger partial charge in [0.15, 0.2) is 0 Å². The molecule has 0 aliphatic carbocycles. The third-order valence-electron chi connectivity index (χ3n) is 4.42. The Labute approximate surface area is 160 Å². The molecule has 0 amide bonds. The summed E-state index contributed by atoms with van der Waals surface area (Å²) in [4.78, 5) is 6.77. The Hall–Kier alpha value is 0.190. The SMILES string of the molecule is Cl.Cl.Clc1ccc([C@H](C2CCOCC2)N2CCNCC2)c(Cl)n1. The second-order valence-electron chi connectivity index (χ2n) is 5.69. The molecule has 0 radical (unpaired) electrons. The fourth-order valence-corrected chi connectivity index (χ4v) is 3.84. The van der Waals surface area contributed by atoms with E-state index < -0.39 is 0 Å². The monoisotopic (exact) mass is 401 g/mol. The number of halogens is 4. The van der Waals surface area contributed by atoms with Gasteiger partial charge in [0.2, 0.25) is 0 Å². The smallest absolute Gasteiger partial charge is 0.135 e. The molecule has 3 rings (SSSR count). The number of nitrogens with zero attached hydrogens (tertiary/aromatic N) is 2. The van der Waals surface area contributed by atoms with Crippen molar-refractivity contribution < 1.29 is 4.74 Å². The van der Waals surface area contributed by atoms with Crippen LogP contribution < -0.4 is 5.32 Å². The average Bonchev–Trinajstić information content (AvgIpc) is 2.52. The number of nitrogens with one attached hydrogen (secondary N) is 1. The van der Waals surface area contributed by atoms with Crippen LogP contribution >= 0.6 is 48.0 Å². The Morgan fingerprint density at radius 1 is 1.13 bits per heavy atom. The van der Waals surface area contributed by atoms with Crippen LogP contribution in [0, 0.1) is 5.92 Å². The second-order valence-corrected chi connectivity index (χ2v) is 6.44. The highest BCUT2D eigenvalue weighted by molar-refractivity contribution is 6.32. The van der Waals surface area contributed by atoms with Crippen molar-refractivity contribution in [1.82, 2.24) is 15.2 Å². The molecule has 1 aromatic heterocycles. The molecule has 8 heteroatoms. The van der Waals surface area contributed by atoms with E-state index in [2.05, 4.69) is 15.2 Å². The van der Waals surface area contributed by atoms with Crippen molar-refractivity contribution in [3.8, 4) is 0 Å². The van der Waals surface area contributed by atoms with E-state index in [1.54, 1.807) is 0 Å². The standard InChI is InChI=1S/C15H21Cl2N3O.2ClH/c16-13-2-1-12(15(17)19-13)14(11-3-9-21-10-4-11)20-7-5-18-6-8-20;;/h1-2,11,14,18H,3-10H2;2*1H/t14-;;/m0../s1. The lowest BCUT2D eigenvalue weighted by atomic mass is 9.86. The predicted octanol–water partition coefficient (Wildman–Crippen LogP) is 3.60. The maximum Gasteiger partial charge on any atom is 0.135 e. The Morgan fingerprint density at radius 3 is 2.39 bits per heavy atom. The molecule has 2 fully saturated rings. The summed E-state index contributed by atoms with van der Waals surface area (Å²) in [5, 5.41) is 4.40. The van der Waals surface area contributed by atoms with Gasteiger partial charge in [0.1, 0.15) is 10.3 Å². The fourth-order valence-electron chi connectivity index (χ4n) is 3.38. The van der Waals surface area contributed by atoms with Crippen LogP contribution in [-0.4, -0.2) is 49.3 Å². The Kier molecular flexibility index (Phi) is 9.46. The third kappa shape index (κ3) is 5.33. The van der Waals surface area contributed by atoms with Crippen LogP contribution in [0.25, 0.3) is 0 Å². The van der Waals surface area contributed by atoms with E-state index in [4.69, 9.17) is 27.9 Å². The molecular formula is C15H23Cl4N3O. The molecule has 1 aromatic rings. The molecule has 1 N–H and O–H groups in total. The van der Waals surface area contributed by atoms with Crippen LogP contribution in [0.4, 0.5) is 0 Å². The fraction of sp³-hybridized carbons (Fsp3) is 0.667. The van der Waals surface area contributed by atoms with Gasteiger partial charge in [0.05, 0.1) is 0 Å². The van der Waals surface area contributed by atoms with E-state index in [0.717, 1.165) is 57.8 Å². The molecule has 4 nitrogen and oxygen atoms in total. The molecular weight excluding hydrogens is 380 g/mol. The Morgan fingerprint density at radius 2 is 1.78 bits per heavy atom. The van der Waals surface area contributed by atoms with Crippen LogP contribution in [0.5, 0.6) is 0 Å². The van der Waals surface area contributed by atoms with Gasteiger partial charge in [-0.25, -0.2) is 4.98 Å². The van der Waals surface area contributed by atoms with E-state index in [-0.39, 0.29) is 24.8 Å². The molecule has 2 saturated heterocycles. The zero-order chi connectivity index (χ0) is 14.7. The lowest BCUT2D eigenvalue weighted by molar-refractivity contribution is 0.0212. The molecule has 1 atom stereocenters. The van der Waals surface area contributed by atoms with Gasteiger partial charge in [-0.2, -0.15) is 0 Å². The molecule has 0 bridgehead atoms. The van der Waals surface area contributed by atoms with E-state index >= 15 is 0 Å². The Balaban J connectivity index is 0.00000132. The molecule has 23 heavy (non-hydrogen) atoms. The minimum Gasteiger partial charge on any atom is -0.381 e. The van der Waals surface area contributed by atoms with Crippen LogP contribution in [-0.2, 0) is 4.74 Å². The van der Waals surface area contributed by atoms with Gasteiger partial charge in [0.25, 0.3) is 0 Å². The highest BCUT2D eigenvalue weighted by atomic mass is 35.5. The van der Waals surface area contributed by atoms with Gasteiger partial charge in [-0.3, -0.25) is 4.90 Å². The van der Waals surface area contributed by atoms with Gasteiger partial charge in [-0.05, 0) is 24.8 Å². The summed E-state index contributed by atoms with van der Waals surface area (Å²) in [6.07, 6.45) is 2.15. The highest BCUT2D eigenvalue weighted by Crippen LogP contribution is 2.38. The van der Waals surface area contributed by atoms with Crippen molar-refractivity contribution in [3.63, 3.8) is 0 Å². The van der Waals surface area contributed by atoms with Crippen molar-refractivity contribution >= 4 is 48.0 Å². The van der Waals surface area contributed by atoms with Gasteiger partial charge >= 0.3 is 0 Å². The first kappa shape index (κ1) is 21.2. The van der Waals surface area contributed by atoms with Crippen molar-refractivity contribution in [2.24, 2.45) is 5.92 Å². The molecule has 0 spiro atoms. The topological polar surface area (TPSA) is 37.4 Å². The number of aromatic nitrogens is 1. The normalized spacial score (nSPS) is 21.1. The zero-order valence-electron chi connectivity index (χ0n) is 12.8. The highest BCUT2D eigenvalue weighted by Gasteiger charge is 2.32. The largest absolute Gasteiger partial charge is 0.381 e. The van der Waals surface area contributed by atoms with E-state index in [1.807, 2.05) is 12.1 Å². The van der Waals surface area contributed by atoms with Crippen molar-refractivity contribution in [1.29, 1.82) is 0 Å². The molecule has 3 heterocycles. The summed E-state index contributed by atoms with van der Waals surface area (Å²) in [5.74, 6) is 0.567. The minimum absolute atomic E-state index is 0. The number of piperazine rings is 1. The van der Waals surface area contributed by atoms with Crippen LogP contribution in [0.2, 0.25) is 10.3 Å². The molecule has 0 saturated carbocycles. The number of hydrogen-bond acceptors (Lipinski definition) is 4. The number of ether oxygens (including phenoxy) is 1. The summed E-state index contributed by atoms with van der Waals surface area (Å²) >= 11 is 12.3. The van der Waals surface area contributed by atoms with Gasteiger partial charge < -0.3 is 10.1 Å². The number of hydrogen-bond donors (Lipinski definition) is 1. The lowest BCUT2D eigenvalue weighted by Gasteiger charge is -2.41. The van der Waals surface area contributed by atoms with Crippen molar-refractivity contribution in [3.05, 3.63) is 28.0 Å². The molecule has 0 unspecified atom stereocenters. The summed E-state index contributed by atoms with van der Waals surface area (Å²) in [5.41, 5.74) is 1.11. The zero-order valence-corrected chi connectivity index (χ0v) is 16.0. The molecule has 2 aliphatic rings. The van der Waals surface area contributed by atoms with Gasteiger partial charge in [0, 0.05) is 51.0 Å². The van der Waals surface area contributed by atoms with Crippen LogP contribution in [0.3, 0.4) is 0 Å². The maximum atomic E-state index is 6.39. The first-order valence-electron chi connectivity index (χ1n) is 7.60. The Bertz CT molecular complexity index is 462. The van der Waals surface area contributed by atoms with Crippen molar-refractivity contribution in [2.45, 2.75) is 18.9 Å². The van der Waals surface area contributed by atoms with Crippen LogP contribution in [0.15, 0.2) is 12.1 Å². The van der Waals surface area contributed by atoms with Crippen LogP contribution in [0.1, 0.15) is 24.4 Å². The third-order valence-corrected chi connectivity index (χ3v) is 4.93. The summed E-state index contributed by atoms with van der Waals surface area (Å²) in [6, 6.07) is 4.20. The summed E-state index contributed by atoms with van der Waals surface area (Å²) in [6.45, 7) is 5.82. The average molecular weight is 403 g/mol. The minimum atomic E-state index is 0. The second kappa shape index (κ2) is 10.2. The maximum absolute atomic E-state index is 6.39. The number of rotatable bonds is 3. The van der Waals surface area contributed by atoms with Crippen molar-refractivity contribution in [2.75, 3.05) is 39.4 Å². The summed E-state index contributed by atoms with van der Waals surface area (Å²) < 4.78 is 5.52. The van der Waals surface area contributed by atoms with E-state index in [1.165, 1.54) is 0 Å². The molecule has 2 aliphatic heterocycles. The first-order chi connectivity index (χ1) is 10.3. The first-order valence-corrected chi connectivity index (χ1v) is 8.36. The summed E-state index contributed by atoms with van der Waals surface area (Å²) in [7, 11) is 0. The van der Waals surface area contributed by atoms with E-state index in [9.17, 15) is 0 Å². The lowest BCUT2D eigenvalue weighted by Crippen LogP contribution is -2.47. The van der Waals surface area contributed by atoms with Gasteiger partial charge in [-0.1, -0.05) is 29.3 Å². The van der Waals surface area contributed by atoms with E-state index in [0.29, 0.717) is 22.3 Å².